The molecule has 1 fully saturated rings. The molecular weight excluding hydrogens is 274 g/mol. The van der Waals surface area contributed by atoms with E-state index in [9.17, 15) is 4.79 Å². The van der Waals surface area contributed by atoms with Gasteiger partial charge in [-0.25, -0.2) is 0 Å². The lowest BCUT2D eigenvalue weighted by Gasteiger charge is -2.31. The smallest absolute Gasteiger partial charge is 0.305 e. The highest BCUT2D eigenvalue weighted by molar-refractivity contribution is 5.71. The summed E-state index contributed by atoms with van der Waals surface area (Å²) < 4.78 is 4.84. The highest BCUT2D eigenvalue weighted by atomic mass is 16.5. The van der Waals surface area contributed by atoms with Gasteiger partial charge in [0.2, 0.25) is 0 Å². The molecule has 1 atom stereocenters. The van der Waals surface area contributed by atoms with Crippen molar-refractivity contribution in [2.45, 2.75) is 83.1 Å². The number of carbonyl (C=O) groups excluding carboxylic acids is 1. The van der Waals surface area contributed by atoms with Crippen LogP contribution in [-0.4, -0.2) is 25.3 Å². The maximum Gasteiger partial charge on any atom is 0.305 e. The molecule has 3 heteroatoms. The third kappa shape index (κ3) is 5.58. The topological polar surface area (TPSA) is 38.7 Å². The largest absolute Gasteiger partial charge is 0.469 e. The van der Waals surface area contributed by atoms with Gasteiger partial charge < -0.3 is 4.74 Å². The van der Waals surface area contributed by atoms with E-state index in [0.717, 1.165) is 32.1 Å². The van der Waals surface area contributed by atoms with E-state index in [1.165, 1.54) is 45.6 Å². The summed E-state index contributed by atoms with van der Waals surface area (Å²) in [5, 5.41) is 0. The number of carbonyl (C=O) groups is 1. The van der Waals surface area contributed by atoms with Crippen LogP contribution in [0.4, 0.5) is 0 Å². The number of allylic oxidation sites excluding steroid dienone is 2. The molecular formula is C19H31NO2. The van der Waals surface area contributed by atoms with Crippen molar-refractivity contribution in [3.8, 4) is 0 Å². The Morgan fingerprint density at radius 1 is 1.18 bits per heavy atom. The van der Waals surface area contributed by atoms with Crippen molar-refractivity contribution in [3.05, 3.63) is 12.2 Å². The Labute approximate surface area is 135 Å². The number of hydrogen-bond acceptors (Lipinski definition) is 3. The van der Waals surface area contributed by atoms with Crippen LogP contribution >= 0.6 is 0 Å². The van der Waals surface area contributed by atoms with Gasteiger partial charge in [0.1, 0.15) is 0 Å². The number of esters is 1. The first-order chi connectivity index (χ1) is 10.7. The van der Waals surface area contributed by atoms with Gasteiger partial charge in [0, 0.05) is 24.1 Å². The molecule has 0 heterocycles. The minimum Gasteiger partial charge on any atom is -0.469 e. The van der Waals surface area contributed by atoms with Gasteiger partial charge in [0.15, 0.2) is 0 Å². The Morgan fingerprint density at radius 2 is 1.95 bits per heavy atom. The lowest BCUT2D eigenvalue weighted by Crippen LogP contribution is -2.26. The zero-order chi connectivity index (χ0) is 15.7. The summed E-state index contributed by atoms with van der Waals surface area (Å²) in [7, 11) is 1.48. The maximum absolute atomic E-state index is 11.6. The van der Waals surface area contributed by atoms with Crippen molar-refractivity contribution < 1.29 is 9.53 Å². The first-order valence-electron chi connectivity index (χ1n) is 9.00. The van der Waals surface area contributed by atoms with Crippen molar-refractivity contribution in [3.63, 3.8) is 0 Å². The van der Waals surface area contributed by atoms with E-state index < -0.39 is 0 Å². The number of ether oxygens (including phenoxy) is 1. The fourth-order valence-corrected chi connectivity index (χ4v) is 3.69. The van der Waals surface area contributed by atoms with Crippen LogP contribution < -0.4 is 0 Å². The molecule has 124 valence electrons. The van der Waals surface area contributed by atoms with Gasteiger partial charge in [0.25, 0.3) is 0 Å². The molecule has 1 saturated carbocycles. The lowest BCUT2D eigenvalue weighted by atomic mass is 9.75. The number of rotatable bonds is 5. The van der Waals surface area contributed by atoms with E-state index in [2.05, 4.69) is 18.4 Å². The average molecular weight is 305 g/mol. The molecule has 0 spiro atoms. The Balaban J connectivity index is 2.03. The zero-order valence-corrected chi connectivity index (χ0v) is 14.1. The fourth-order valence-electron chi connectivity index (χ4n) is 3.69. The second kappa shape index (κ2) is 9.12. The third-order valence-corrected chi connectivity index (χ3v) is 5.21. The molecule has 0 aromatic rings. The summed E-state index contributed by atoms with van der Waals surface area (Å²) in [6.45, 7) is 0. The molecule has 1 unspecified atom stereocenters. The molecule has 0 radical (unpaired) electrons. The summed E-state index contributed by atoms with van der Waals surface area (Å²) in [5.74, 6) is -0.0944. The number of aliphatic imine (C=N–C) groups is 1. The Hall–Kier alpha value is -1.12. The highest BCUT2D eigenvalue weighted by Crippen LogP contribution is 2.36. The van der Waals surface area contributed by atoms with Gasteiger partial charge in [-0.1, -0.05) is 31.4 Å². The second-order valence-corrected chi connectivity index (χ2v) is 6.91. The molecule has 0 aromatic carbocycles. The third-order valence-electron chi connectivity index (χ3n) is 5.21. The Kier molecular flexibility index (Phi) is 7.14. The van der Waals surface area contributed by atoms with E-state index in [4.69, 9.17) is 9.73 Å². The van der Waals surface area contributed by atoms with Crippen LogP contribution in [-0.2, 0) is 9.53 Å². The Morgan fingerprint density at radius 3 is 2.73 bits per heavy atom. The molecule has 0 N–H and O–H groups in total. The lowest BCUT2D eigenvalue weighted by molar-refractivity contribution is -0.141. The molecule has 0 amide bonds. The monoisotopic (exact) mass is 305 g/mol. The molecule has 3 nitrogen and oxygen atoms in total. The van der Waals surface area contributed by atoms with E-state index in [1.54, 1.807) is 0 Å². The van der Waals surface area contributed by atoms with Crippen LogP contribution in [0.25, 0.3) is 0 Å². The second-order valence-electron chi connectivity index (χ2n) is 6.91. The number of hydrogen-bond donors (Lipinski definition) is 0. The van der Waals surface area contributed by atoms with E-state index >= 15 is 0 Å². The van der Waals surface area contributed by atoms with Crippen LogP contribution in [0.5, 0.6) is 0 Å². The van der Waals surface area contributed by atoms with Gasteiger partial charge in [0.05, 0.1) is 7.11 Å². The minimum absolute atomic E-state index is 0.0936. The predicted molar refractivity (Wildman–Crippen MR) is 91.3 cm³/mol. The van der Waals surface area contributed by atoms with E-state index in [0.29, 0.717) is 12.5 Å². The van der Waals surface area contributed by atoms with Crippen LogP contribution in [0, 0.1) is 5.41 Å². The number of methoxy groups -OCH3 is 1. The van der Waals surface area contributed by atoms with Gasteiger partial charge in [-0.2, -0.15) is 0 Å². The molecule has 2 rings (SSSR count). The standard InChI is InChI=1S/C19H31NO2/c1-22-18(21)12-15-19(13-8-3-2-4-9-14-19)16-20-17-10-6-5-7-11-17/h2-3,16-17H,4-15H2,1H3. The van der Waals surface area contributed by atoms with Crippen LogP contribution in [0.1, 0.15) is 77.0 Å². The zero-order valence-electron chi connectivity index (χ0n) is 14.1. The first-order valence-corrected chi connectivity index (χ1v) is 9.00. The SMILES string of the molecule is COC(=O)CCC1(C=NC2CCCCC2)CCC=CCCC1. The van der Waals surface area contributed by atoms with E-state index in [1.807, 2.05) is 0 Å². The average Bonchev–Trinajstić information content (AvgIpc) is 2.54. The van der Waals surface area contributed by atoms with Gasteiger partial charge >= 0.3 is 5.97 Å². The summed E-state index contributed by atoms with van der Waals surface area (Å²) in [6.07, 6.45) is 20.4. The maximum atomic E-state index is 11.6. The van der Waals surface area contributed by atoms with Crippen molar-refractivity contribution >= 4 is 12.2 Å². The Bertz CT molecular complexity index is 396. The normalized spacial score (nSPS) is 27.5. The molecule has 0 saturated heterocycles. The van der Waals surface area contributed by atoms with Crippen molar-refractivity contribution in [2.75, 3.05) is 7.11 Å². The quantitative estimate of drug-likeness (QED) is 0.414. The van der Waals surface area contributed by atoms with Gasteiger partial charge in [-0.15, -0.1) is 0 Å². The minimum atomic E-state index is -0.0944. The number of nitrogens with zero attached hydrogens (tertiary/aromatic N) is 1. The molecule has 2 aliphatic rings. The van der Waals surface area contributed by atoms with Gasteiger partial charge in [-0.3, -0.25) is 9.79 Å². The fraction of sp³-hybridized carbons (Fsp3) is 0.789. The summed E-state index contributed by atoms with van der Waals surface area (Å²) in [5.41, 5.74) is 0.0936. The van der Waals surface area contributed by atoms with Crippen molar-refractivity contribution in [2.24, 2.45) is 10.4 Å². The molecule has 22 heavy (non-hydrogen) atoms. The van der Waals surface area contributed by atoms with Crippen LogP contribution in [0.15, 0.2) is 17.1 Å². The molecule has 0 aliphatic heterocycles. The molecule has 0 aromatic heterocycles. The molecule has 2 aliphatic carbocycles. The van der Waals surface area contributed by atoms with Gasteiger partial charge in [-0.05, 0) is 51.4 Å². The molecule has 0 bridgehead atoms. The summed E-state index contributed by atoms with van der Waals surface area (Å²) in [6, 6.07) is 0.518. The predicted octanol–water partition coefficient (Wildman–Crippen LogP) is 4.85. The van der Waals surface area contributed by atoms with E-state index in [-0.39, 0.29) is 11.4 Å². The first kappa shape index (κ1) is 17.2. The summed E-state index contributed by atoms with van der Waals surface area (Å²) in [4.78, 5) is 16.5. The van der Waals surface area contributed by atoms with Crippen molar-refractivity contribution in [1.82, 2.24) is 0 Å². The summed E-state index contributed by atoms with van der Waals surface area (Å²) >= 11 is 0. The highest BCUT2D eigenvalue weighted by Gasteiger charge is 2.29. The van der Waals surface area contributed by atoms with Crippen LogP contribution in [0.2, 0.25) is 0 Å². The van der Waals surface area contributed by atoms with Crippen LogP contribution in [0.3, 0.4) is 0 Å². The van der Waals surface area contributed by atoms with Crippen molar-refractivity contribution in [1.29, 1.82) is 0 Å².